The lowest BCUT2D eigenvalue weighted by molar-refractivity contribution is 0.0938. The normalized spacial score (nSPS) is 11.7. The van der Waals surface area contributed by atoms with Crippen LogP contribution in [0.25, 0.3) is 0 Å². The van der Waals surface area contributed by atoms with E-state index in [4.69, 9.17) is 14.2 Å². The Bertz CT molecular complexity index is 981. The Kier molecular flexibility index (Phi) is 7.05. The van der Waals surface area contributed by atoms with E-state index in [0.717, 1.165) is 22.6 Å². The number of carbonyl (C=O) groups is 1. The fourth-order valence-corrected chi connectivity index (χ4v) is 2.79. The Morgan fingerprint density at radius 1 is 0.767 bits per heavy atom. The van der Waals surface area contributed by atoms with Crippen molar-refractivity contribution in [1.82, 2.24) is 5.32 Å². The molecule has 3 aromatic rings. The lowest BCUT2D eigenvalue weighted by Crippen LogP contribution is -2.27. The van der Waals surface area contributed by atoms with E-state index in [2.05, 4.69) is 10.3 Å². The Morgan fingerprint density at radius 2 is 1.23 bits per heavy atom. The van der Waals surface area contributed by atoms with Crippen LogP contribution in [-0.2, 0) is 0 Å². The number of hydrogen-bond donors (Lipinski definition) is 1. The number of methoxy groups -OCH3 is 3. The van der Waals surface area contributed by atoms with Crippen LogP contribution >= 0.6 is 0 Å². The van der Waals surface area contributed by atoms with E-state index in [-0.39, 0.29) is 5.91 Å². The molecule has 6 nitrogen and oxygen atoms in total. The zero-order chi connectivity index (χ0) is 21.3. The van der Waals surface area contributed by atoms with Gasteiger partial charge in [0.25, 0.3) is 5.91 Å². The summed E-state index contributed by atoms with van der Waals surface area (Å²) < 4.78 is 15.6. The first-order valence-corrected chi connectivity index (χ1v) is 9.39. The summed E-state index contributed by atoms with van der Waals surface area (Å²) in [5.74, 6) is 1.96. The van der Waals surface area contributed by atoms with Gasteiger partial charge in [-0.1, -0.05) is 12.1 Å². The predicted octanol–water partition coefficient (Wildman–Crippen LogP) is 4.26. The van der Waals surface area contributed by atoms with Crippen molar-refractivity contribution >= 4 is 12.1 Å². The molecule has 6 heteroatoms. The topological polar surface area (TPSA) is 69.2 Å². The molecule has 0 fully saturated rings. The lowest BCUT2D eigenvalue weighted by atomic mass is 10.1. The smallest absolute Gasteiger partial charge is 0.253 e. The third kappa shape index (κ3) is 5.38. The highest BCUT2D eigenvalue weighted by Crippen LogP contribution is 2.20. The van der Waals surface area contributed by atoms with E-state index < -0.39 is 6.17 Å². The number of amides is 1. The molecule has 0 aromatic heterocycles. The molecule has 0 saturated carbocycles. The second-order valence-electron chi connectivity index (χ2n) is 6.43. The van der Waals surface area contributed by atoms with Gasteiger partial charge in [-0.2, -0.15) is 0 Å². The Labute approximate surface area is 176 Å². The number of ether oxygens (including phenoxy) is 3. The zero-order valence-corrected chi connectivity index (χ0v) is 17.2. The Hall–Kier alpha value is -3.80. The first-order chi connectivity index (χ1) is 14.6. The second kappa shape index (κ2) is 10.1. The number of nitrogens with zero attached hydrogens (tertiary/aromatic N) is 1. The molecule has 0 saturated heterocycles. The van der Waals surface area contributed by atoms with Crippen molar-refractivity contribution in [2.45, 2.75) is 6.17 Å². The van der Waals surface area contributed by atoms with Gasteiger partial charge in [0.05, 0.1) is 21.3 Å². The van der Waals surface area contributed by atoms with Gasteiger partial charge >= 0.3 is 0 Å². The van der Waals surface area contributed by atoms with Crippen LogP contribution in [0.4, 0.5) is 0 Å². The minimum atomic E-state index is -0.562. The molecule has 0 radical (unpaired) electrons. The van der Waals surface area contributed by atoms with Crippen molar-refractivity contribution in [3.63, 3.8) is 0 Å². The molecule has 3 aromatic carbocycles. The summed E-state index contributed by atoms with van der Waals surface area (Å²) >= 11 is 0. The summed E-state index contributed by atoms with van der Waals surface area (Å²) in [6.07, 6.45) is 1.16. The van der Waals surface area contributed by atoms with Gasteiger partial charge in [0, 0.05) is 11.8 Å². The Balaban J connectivity index is 1.83. The quantitative estimate of drug-likeness (QED) is 0.570. The summed E-state index contributed by atoms with van der Waals surface area (Å²) in [4.78, 5) is 17.4. The van der Waals surface area contributed by atoms with Gasteiger partial charge in [-0.15, -0.1) is 0 Å². The van der Waals surface area contributed by atoms with Crippen LogP contribution in [-0.4, -0.2) is 33.5 Å². The number of carbonyl (C=O) groups excluding carboxylic acids is 1. The highest BCUT2D eigenvalue weighted by molar-refractivity contribution is 5.94. The summed E-state index contributed by atoms with van der Waals surface area (Å²) in [5, 5.41) is 2.97. The number of benzene rings is 3. The molecule has 1 atom stereocenters. The molecule has 0 aliphatic rings. The highest BCUT2D eigenvalue weighted by atomic mass is 16.5. The average molecular weight is 404 g/mol. The van der Waals surface area contributed by atoms with Gasteiger partial charge in [-0.25, -0.2) is 0 Å². The molecule has 30 heavy (non-hydrogen) atoms. The molecule has 3 rings (SSSR count). The van der Waals surface area contributed by atoms with Crippen molar-refractivity contribution in [3.8, 4) is 17.2 Å². The molecule has 0 aliphatic carbocycles. The predicted molar refractivity (Wildman–Crippen MR) is 117 cm³/mol. The van der Waals surface area contributed by atoms with E-state index in [9.17, 15) is 4.79 Å². The molecule has 1 amide bonds. The van der Waals surface area contributed by atoms with Crippen molar-refractivity contribution < 1.29 is 19.0 Å². The van der Waals surface area contributed by atoms with Gasteiger partial charge in [-0.05, 0) is 71.8 Å². The van der Waals surface area contributed by atoms with Crippen LogP contribution in [0.5, 0.6) is 17.2 Å². The number of aliphatic imine (C=N–C) groups is 1. The van der Waals surface area contributed by atoms with Crippen molar-refractivity contribution in [2.24, 2.45) is 4.99 Å². The third-order valence-electron chi connectivity index (χ3n) is 4.54. The molecule has 0 bridgehead atoms. The largest absolute Gasteiger partial charge is 0.497 e. The van der Waals surface area contributed by atoms with Crippen LogP contribution in [0, 0.1) is 0 Å². The first kappa shape index (κ1) is 20.9. The molecule has 0 aliphatic heterocycles. The van der Waals surface area contributed by atoms with E-state index >= 15 is 0 Å². The van der Waals surface area contributed by atoms with Crippen LogP contribution in [0.2, 0.25) is 0 Å². The fourth-order valence-electron chi connectivity index (χ4n) is 2.79. The second-order valence-corrected chi connectivity index (χ2v) is 6.43. The van der Waals surface area contributed by atoms with E-state index in [1.807, 2.05) is 48.5 Å². The van der Waals surface area contributed by atoms with E-state index in [0.29, 0.717) is 11.3 Å². The number of rotatable bonds is 8. The van der Waals surface area contributed by atoms with Gasteiger partial charge in [0.2, 0.25) is 0 Å². The molecular weight excluding hydrogens is 380 g/mol. The van der Waals surface area contributed by atoms with Crippen LogP contribution in [0.3, 0.4) is 0 Å². The summed E-state index contributed by atoms with van der Waals surface area (Å²) in [6.45, 7) is 0. The van der Waals surface area contributed by atoms with Gasteiger partial charge in [0.1, 0.15) is 23.4 Å². The fraction of sp³-hybridized carbons (Fsp3) is 0.167. The van der Waals surface area contributed by atoms with E-state index in [1.54, 1.807) is 51.8 Å². The van der Waals surface area contributed by atoms with Crippen molar-refractivity contribution in [2.75, 3.05) is 21.3 Å². The standard InChI is InChI=1S/C24H24N2O4/c1-28-20-10-4-17(5-11-20)16-25-23(18-6-12-21(29-2)13-7-18)26-24(27)19-8-14-22(30-3)15-9-19/h4-16,23H,1-3H3,(H,26,27)/t23-/m1/s1. The lowest BCUT2D eigenvalue weighted by Gasteiger charge is -2.16. The van der Waals surface area contributed by atoms with Crippen LogP contribution in [0.1, 0.15) is 27.7 Å². The minimum absolute atomic E-state index is 0.231. The van der Waals surface area contributed by atoms with Gasteiger partial charge in [0.15, 0.2) is 0 Å². The van der Waals surface area contributed by atoms with Gasteiger partial charge in [-0.3, -0.25) is 9.79 Å². The Morgan fingerprint density at radius 3 is 1.73 bits per heavy atom. The minimum Gasteiger partial charge on any atom is -0.497 e. The molecule has 1 N–H and O–H groups in total. The third-order valence-corrected chi connectivity index (χ3v) is 4.54. The van der Waals surface area contributed by atoms with Crippen molar-refractivity contribution in [1.29, 1.82) is 0 Å². The highest BCUT2D eigenvalue weighted by Gasteiger charge is 2.15. The SMILES string of the molecule is COc1ccc(C=N[C@H](NC(=O)c2ccc(OC)cc2)c2ccc(OC)cc2)cc1. The summed E-state index contributed by atoms with van der Waals surface area (Å²) in [7, 11) is 4.82. The number of hydrogen-bond acceptors (Lipinski definition) is 5. The van der Waals surface area contributed by atoms with Gasteiger partial charge < -0.3 is 19.5 Å². The summed E-state index contributed by atoms with van der Waals surface area (Å²) in [5.41, 5.74) is 2.25. The molecular formula is C24H24N2O4. The average Bonchev–Trinajstić information content (AvgIpc) is 2.82. The van der Waals surface area contributed by atoms with Crippen LogP contribution in [0.15, 0.2) is 77.8 Å². The summed E-state index contributed by atoms with van der Waals surface area (Å²) in [6, 6.07) is 21.9. The van der Waals surface area contributed by atoms with Crippen molar-refractivity contribution in [3.05, 3.63) is 89.5 Å². The molecule has 0 heterocycles. The van der Waals surface area contributed by atoms with E-state index in [1.165, 1.54) is 0 Å². The maximum absolute atomic E-state index is 12.8. The maximum Gasteiger partial charge on any atom is 0.253 e. The molecule has 154 valence electrons. The van der Waals surface area contributed by atoms with Crippen LogP contribution < -0.4 is 19.5 Å². The monoisotopic (exact) mass is 404 g/mol. The number of nitrogens with one attached hydrogen (secondary N) is 1. The zero-order valence-electron chi connectivity index (χ0n) is 17.2. The molecule has 0 spiro atoms. The molecule has 0 unspecified atom stereocenters. The first-order valence-electron chi connectivity index (χ1n) is 9.39. The maximum atomic E-state index is 12.8.